The number of halogens is 2. The Labute approximate surface area is 149 Å². The van der Waals surface area contributed by atoms with E-state index in [1.165, 1.54) is 18.2 Å². The Morgan fingerprint density at radius 2 is 1.84 bits per heavy atom. The van der Waals surface area contributed by atoms with Crippen molar-refractivity contribution in [2.45, 2.75) is 12.8 Å². The van der Waals surface area contributed by atoms with Crippen LogP contribution >= 0.6 is 11.6 Å². The number of piperidine rings is 1. The number of rotatable bonds is 3. The van der Waals surface area contributed by atoms with E-state index in [4.69, 9.17) is 11.6 Å². The molecule has 2 aromatic rings. The Morgan fingerprint density at radius 1 is 1.16 bits per heavy atom. The molecule has 2 heterocycles. The third kappa shape index (κ3) is 4.14. The van der Waals surface area contributed by atoms with Gasteiger partial charge in [0.05, 0.1) is 5.02 Å². The number of hydrogen-bond acceptors (Lipinski definition) is 3. The lowest BCUT2D eigenvalue weighted by Crippen LogP contribution is -2.41. The quantitative estimate of drug-likeness (QED) is 0.911. The molecular formula is C18H17ClFN3O2. The van der Waals surface area contributed by atoms with Gasteiger partial charge in [-0.25, -0.2) is 4.39 Å². The van der Waals surface area contributed by atoms with Gasteiger partial charge in [-0.05, 0) is 43.2 Å². The third-order valence-electron chi connectivity index (χ3n) is 4.27. The molecule has 7 heteroatoms. The minimum Gasteiger partial charge on any atom is -0.339 e. The van der Waals surface area contributed by atoms with Crippen LogP contribution in [0.4, 0.5) is 10.1 Å². The maximum absolute atomic E-state index is 13.2. The topological polar surface area (TPSA) is 62.3 Å². The highest BCUT2D eigenvalue weighted by atomic mass is 35.5. The number of carbonyl (C=O) groups excluding carboxylic acids is 2. The first kappa shape index (κ1) is 17.4. The monoisotopic (exact) mass is 361 g/mol. The van der Waals surface area contributed by atoms with Crippen LogP contribution in [0.5, 0.6) is 0 Å². The highest BCUT2D eigenvalue weighted by Gasteiger charge is 2.27. The van der Waals surface area contributed by atoms with E-state index in [1.807, 2.05) is 0 Å². The summed E-state index contributed by atoms with van der Waals surface area (Å²) in [5.41, 5.74) is 1.06. The van der Waals surface area contributed by atoms with Gasteiger partial charge in [0, 0.05) is 42.7 Å². The molecule has 3 rings (SSSR count). The zero-order chi connectivity index (χ0) is 17.8. The van der Waals surface area contributed by atoms with Gasteiger partial charge >= 0.3 is 0 Å². The average Bonchev–Trinajstić information content (AvgIpc) is 2.65. The van der Waals surface area contributed by atoms with E-state index in [9.17, 15) is 14.0 Å². The van der Waals surface area contributed by atoms with E-state index in [0.717, 1.165) is 0 Å². The summed E-state index contributed by atoms with van der Waals surface area (Å²) in [5.74, 6) is -0.904. The van der Waals surface area contributed by atoms with E-state index in [-0.39, 0.29) is 22.8 Å². The lowest BCUT2D eigenvalue weighted by molar-refractivity contribution is -0.121. The van der Waals surface area contributed by atoms with Crippen LogP contribution in [0.2, 0.25) is 5.02 Å². The fraction of sp³-hybridized carbons (Fsp3) is 0.278. The second-order valence-corrected chi connectivity index (χ2v) is 6.33. The van der Waals surface area contributed by atoms with Crippen molar-refractivity contribution in [3.05, 3.63) is 59.1 Å². The number of likely N-dealkylation sites (tertiary alicyclic amines) is 1. The molecule has 0 aliphatic carbocycles. The van der Waals surface area contributed by atoms with E-state index in [2.05, 4.69) is 10.3 Å². The summed E-state index contributed by atoms with van der Waals surface area (Å²) < 4.78 is 13.2. The molecule has 130 valence electrons. The van der Waals surface area contributed by atoms with Crippen molar-refractivity contribution in [3.8, 4) is 0 Å². The normalized spacial score (nSPS) is 15.0. The van der Waals surface area contributed by atoms with E-state index in [0.29, 0.717) is 37.2 Å². The number of aromatic nitrogens is 1. The molecule has 0 bridgehead atoms. The molecule has 0 unspecified atom stereocenters. The standard InChI is InChI=1S/C18H17ClFN3O2/c19-15-11-14(1-2-16(15)20)22-17(24)12-5-9-23(10-6-12)18(25)13-3-7-21-8-4-13/h1-4,7-8,11-12H,5-6,9-10H2,(H,22,24). The number of anilines is 1. The lowest BCUT2D eigenvalue weighted by atomic mass is 9.95. The summed E-state index contributed by atoms with van der Waals surface area (Å²) in [6.07, 6.45) is 4.33. The fourth-order valence-corrected chi connectivity index (χ4v) is 3.02. The Balaban J connectivity index is 1.55. The number of nitrogens with zero attached hydrogens (tertiary/aromatic N) is 2. The average molecular weight is 362 g/mol. The SMILES string of the molecule is O=C(Nc1ccc(F)c(Cl)c1)C1CCN(C(=O)c2ccncc2)CC1. The smallest absolute Gasteiger partial charge is 0.253 e. The minimum atomic E-state index is -0.525. The fourth-order valence-electron chi connectivity index (χ4n) is 2.84. The molecular weight excluding hydrogens is 345 g/mol. The van der Waals surface area contributed by atoms with Crippen molar-refractivity contribution in [2.24, 2.45) is 5.92 Å². The van der Waals surface area contributed by atoms with E-state index < -0.39 is 5.82 Å². The second-order valence-electron chi connectivity index (χ2n) is 5.92. The molecule has 1 aromatic heterocycles. The van der Waals surface area contributed by atoms with Crippen molar-refractivity contribution in [3.63, 3.8) is 0 Å². The van der Waals surface area contributed by atoms with Gasteiger partial charge in [0.15, 0.2) is 0 Å². The number of hydrogen-bond donors (Lipinski definition) is 1. The van der Waals surface area contributed by atoms with Gasteiger partial charge in [0.1, 0.15) is 5.82 Å². The highest BCUT2D eigenvalue weighted by molar-refractivity contribution is 6.31. The first-order valence-corrected chi connectivity index (χ1v) is 8.37. The molecule has 1 N–H and O–H groups in total. The van der Waals surface area contributed by atoms with Crippen molar-refractivity contribution < 1.29 is 14.0 Å². The van der Waals surface area contributed by atoms with Crippen LogP contribution < -0.4 is 5.32 Å². The molecule has 1 fully saturated rings. The van der Waals surface area contributed by atoms with Crippen LogP contribution in [0.3, 0.4) is 0 Å². The van der Waals surface area contributed by atoms with Gasteiger partial charge in [0.2, 0.25) is 5.91 Å². The molecule has 0 saturated carbocycles. The number of carbonyl (C=O) groups is 2. The zero-order valence-corrected chi connectivity index (χ0v) is 14.2. The summed E-state index contributed by atoms with van der Waals surface area (Å²) >= 11 is 5.72. The first-order valence-electron chi connectivity index (χ1n) is 8.00. The molecule has 25 heavy (non-hydrogen) atoms. The van der Waals surface area contributed by atoms with Gasteiger partial charge in [-0.2, -0.15) is 0 Å². The molecule has 0 atom stereocenters. The molecule has 0 spiro atoms. The number of pyridine rings is 1. The van der Waals surface area contributed by atoms with Crippen LogP contribution in [0.25, 0.3) is 0 Å². The molecule has 1 aromatic carbocycles. The Bertz CT molecular complexity index is 777. The van der Waals surface area contributed by atoms with E-state index >= 15 is 0 Å². The molecule has 5 nitrogen and oxygen atoms in total. The van der Waals surface area contributed by atoms with Crippen LogP contribution in [0.15, 0.2) is 42.7 Å². The Hall–Kier alpha value is -2.47. The number of amides is 2. The lowest BCUT2D eigenvalue weighted by Gasteiger charge is -2.31. The van der Waals surface area contributed by atoms with Gasteiger partial charge in [-0.15, -0.1) is 0 Å². The maximum Gasteiger partial charge on any atom is 0.253 e. The summed E-state index contributed by atoms with van der Waals surface area (Å²) in [6, 6.07) is 7.44. The highest BCUT2D eigenvalue weighted by Crippen LogP contribution is 2.23. The first-order chi connectivity index (χ1) is 12.0. The Kier molecular flexibility index (Phi) is 5.28. The van der Waals surface area contributed by atoms with Crippen LogP contribution in [0, 0.1) is 11.7 Å². The molecule has 2 amide bonds. The molecule has 1 saturated heterocycles. The number of benzene rings is 1. The maximum atomic E-state index is 13.2. The van der Waals surface area contributed by atoms with E-state index in [1.54, 1.807) is 29.4 Å². The van der Waals surface area contributed by atoms with Crippen molar-refractivity contribution >= 4 is 29.1 Å². The van der Waals surface area contributed by atoms with Crippen LogP contribution in [-0.4, -0.2) is 34.8 Å². The third-order valence-corrected chi connectivity index (χ3v) is 4.56. The van der Waals surface area contributed by atoms with Crippen LogP contribution in [-0.2, 0) is 4.79 Å². The van der Waals surface area contributed by atoms with Gasteiger partial charge in [-0.1, -0.05) is 11.6 Å². The largest absolute Gasteiger partial charge is 0.339 e. The predicted molar refractivity (Wildman–Crippen MR) is 92.9 cm³/mol. The summed E-state index contributed by atoms with van der Waals surface area (Å²) in [5, 5.41) is 2.72. The van der Waals surface area contributed by atoms with Crippen LogP contribution in [0.1, 0.15) is 23.2 Å². The van der Waals surface area contributed by atoms with Crippen molar-refractivity contribution in [1.29, 1.82) is 0 Å². The number of nitrogens with one attached hydrogen (secondary N) is 1. The summed E-state index contributed by atoms with van der Waals surface area (Å²) in [4.78, 5) is 30.4. The zero-order valence-electron chi connectivity index (χ0n) is 13.4. The van der Waals surface area contributed by atoms with Gasteiger partial charge in [-0.3, -0.25) is 14.6 Å². The summed E-state index contributed by atoms with van der Waals surface area (Å²) in [7, 11) is 0. The molecule has 0 radical (unpaired) electrons. The van der Waals surface area contributed by atoms with Crippen molar-refractivity contribution in [2.75, 3.05) is 18.4 Å². The van der Waals surface area contributed by atoms with Gasteiger partial charge < -0.3 is 10.2 Å². The second kappa shape index (κ2) is 7.61. The predicted octanol–water partition coefficient (Wildman–Crippen LogP) is 3.37. The minimum absolute atomic E-state index is 0.0319. The Morgan fingerprint density at radius 3 is 2.48 bits per heavy atom. The molecule has 1 aliphatic rings. The van der Waals surface area contributed by atoms with Crippen molar-refractivity contribution in [1.82, 2.24) is 9.88 Å². The van der Waals surface area contributed by atoms with Gasteiger partial charge in [0.25, 0.3) is 5.91 Å². The molecule has 1 aliphatic heterocycles. The summed E-state index contributed by atoms with van der Waals surface area (Å²) in [6.45, 7) is 1.03.